The fourth-order valence-electron chi connectivity index (χ4n) is 1.07. The van der Waals surface area contributed by atoms with E-state index in [-0.39, 0.29) is 205 Å². The van der Waals surface area contributed by atoms with E-state index in [4.69, 9.17) is 9.84 Å². The van der Waals surface area contributed by atoms with Crippen molar-refractivity contribution < 1.29 is 224 Å². The van der Waals surface area contributed by atoms with Crippen LogP contribution in [0, 0.1) is 176 Å². The van der Waals surface area contributed by atoms with Crippen molar-refractivity contribution in [2.24, 2.45) is 0 Å². The van der Waals surface area contributed by atoms with Crippen molar-refractivity contribution in [3.63, 3.8) is 0 Å². The van der Waals surface area contributed by atoms with Crippen LogP contribution in [0.1, 0.15) is 20.3 Å². The zero-order valence-corrected chi connectivity index (χ0v) is 37.1. The van der Waals surface area contributed by atoms with E-state index in [1.165, 1.54) is 6.42 Å². The van der Waals surface area contributed by atoms with E-state index in [0.29, 0.717) is 0 Å². The molecule has 4 N–H and O–H groups in total. The number of hydrogen-bond donors (Lipinski definition) is 4. The van der Waals surface area contributed by atoms with Gasteiger partial charge < -0.3 is 0 Å². The molecule has 1 heterocycles. The molecule has 0 aliphatic carbocycles. The zero-order chi connectivity index (χ0) is 13.6. The summed E-state index contributed by atoms with van der Waals surface area (Å²) in [6, 6.07) is 0. The average Bonchev–Trinajstić information content (AvgIpc) is 2.31. The van der Waals surface area contributed by atoms with Gasteiger partial charge in [-0.25, -0.2) is 0 Å². The largest absolute Gasteiger partial charge is 0 e. The summed E-state index contributed by atoms with van der Waals surface area (Å²) in [6.45, 7) is 3.95. The van der Waals surface area contributed by atoms with E-state index in [1.54, 1.807) is 0 Å². The smallest absolute Gasteiger partial charge is 0 e. The minimum Gasteiger partial charge on any atom is 0 e. The predicted molar refractivity (Wildman–Crippen MR) is 65.0 cm³/mol. The van der Waals surface area contributed by atoms with Crippen LogP contribution in [-0.2, 0) is 27.1 Å². The van der Waals surface area contributed by atoms with E-state index in [9.17, 15) is 15.3 Å². The summed E-state index contributed by atoms with van der Waals surface area (Å²) in [5.41, 5.74) is 0. The van der Waals surface area contributed by atoms with Crippen LogP contribution in [0.2, 0.25) is 4.82 Å². The molecule has 7 radical (unpaired) electrons. The second-order valence-corrected chi connectivity index (χ2v) is 6.58. The topological polar surface area (TPSA) is 90.2 Å². The van der Waals surface area contributed by atoms with Gasteiger partial charge in [-0.3, -0.25) is 0 Å². The Kier molecular flexibility index (Phi) is 51.9. The summed E-state index contributed by atoms with van der Waals surface area (Å²) < 4.78 is 4.96. The van der Waals surface area contributed by atoms with E-state index in [0.717, 1.165) is 4.82 Å². The molecule has 1 rings (SSSR count). The molecule has 0 aromatic rings. The van der Waals surface area contributed by atoms with Crippen molar-refractivity contribution >= 4 is 32.0 Å². The number of hydrogen-bond acceptors (Lipinski definition) is 5. The Labute approximate surface area is 308 Å². The van der Waals surface area contributed by atoms with E-state index in [2.05, 4.69) is 45.9 Å². The van der Waals surface area contributed by atoms with Crippen molar-refractivity contribution in [2.45, 2.75) is 54.5 Å². The molecular formula is C10H20Ac4AuO5Se2. The summed E-state index contributed by atoms with van der Waals surface area (Å²) in [4.78, 5) is 0.759. The first kappa shape index (κ1) is 43.3. The monoisotopic (exact) mass is 1490 g/mol. The quantitative estimate of drug-likeness (QED) is 0.249. The average molecular weight is 1480 g/mol. The predicted octanol–water partition coefficient (Wildman–Crippen LogP) is -1.67. The summed E-state index contributed by atoms with van der Waals surface area (Å²) in [6.07, 6.45) is -3.26. The molecule has 0 aromatic heterocycles. The second kappa shape index (κ2) is 26.4. The van der Waals surface area contributed by atoms with Gasteiger partial charge in [0, 0.05) is 199 Å². The molecule has 5 nitrogen and oxygen atoms in total. The third-order valence-electron chi connectivity index (χ3n) is 2.42. The van der Waals surface area contributed by atoms with Gasteiger partial charge in [-0.1, -0.05) is 0 Å². The van der Waals surface area contributed by atoms with Crippen LogP contribution in [-0.4, -0.2) is 88.5 Å². The molecule has 0 spiro atoms. The molecule has 0 amide bonds. The van der Waals surface area contributed by atoms with E-state index in [1.807, 2.05) is 0 Å². The maximum Gasteiger partial charge on any atom is 0 e. The van der Waals surface area contributed by atoms with Gasteiger partial charge in [0.2, 0.25) is 0 Å². The van der Waals surface area contributed by atoms with Crippen molar-refractivity contribution in [3.05, 3.63) is 0 Å². The molecule has 0 aromatic carbocycles. The van der Waals surface area contributed by atoms with Gasteiger partial charge in [0.05, 0.1) is 0 Å². The maximum absolute atomic E-state index is 9.22. The minimum atomic E-state index is -1.28. The number of aliphatic hydroxyl groups excluding tert-OH is 4. The standard InChI is InChI=1S/C6H11O5Se.C4H9Se.4Ac.Au/c7-1-2-3(8)4(9)5(10)6(12)11-2;1-3-4(2)5;;;;;/h2-10H,1H2;4H,3H2,1-2H3;;;;;. The van der Waals surface area contributed by atoms with Crippen LogP contribution in [0.25, 0.3) is 0 Å². The fourth-order valence-corrected chi connectivity index (χ4v) is 1.70. The number of rotatable bonds is 2. The fraction of sp³-hybridized carbons (Fsp3) is 1.00. The second-order valence-electron chi connectivity index (χ2n) is 3.92. The first-order valence-corrected chi connectivity index (χ1v) is 7.45. The SMILES string of the molecule is CCC(C)[Se].OCC1OC([Se])C(O)C(O)C1O.[Ac].[Ac].[Ac].[Ac].[Au]. The van der Waals surface area contributed by atoms with Crippen molar-refractivity contribution in [1.82, 2.24) is 0 Å². The molecule has 6 unspecified atom stereocenters. The molecule has 1 fully saturated rings. The van der Waals surface area contributed by atoms with Crippen molar-refractivity contribution in [1.29, 1.82) is 0 Å². The van der Waals surface area contributed by atoms with E-state index < -0.39 is 29.4 Å². The summed E-state index contributed by atoms with van der Waals surface area (Å²) in [5.74, 6) is 0. The molecule has 0 bridgehead atoms. The Morgan fingerprint density at radius 2 is 1.36 bits per heavy atom. The van der Waals surface area contributed by atoms with Crippen LogP contribution < -0.4 is 0 Å². The molecule has 22 heavy (non-hydrogen) atoms. The summed E-state index contributed by atoms with van der Waals surface area (Å²) >= 11 is 5.48. The van der Waals surface area contributed by atoms with Crippen LogP contribution in [0.5, 0.6) is 0 Å². The summed E-state index contributed by atoms with van der Waals surface area (Å²) in [5, 5.41) is 35.6. The Hall–Kier alpha value is 7.35. The Balaban J connectivity index is -0.0000000574. The number of aliphatic hydroxyl groups is 4. The van der Waals surface area contributed by atoms with Crippen LogP contribution in [0.3, 0.4) is 0 Å². The third kappa shape index (κ3) is 19.3. The van der Waals surface area contributed by atoms with Crippen LogP contribution in [0.15, 0.2) is 0 Å². The van der Waals surface area contributed by atoms with Gasteiger partial charge >= 0.3 is 118 Å². The first-order chi connectivity index (χ1) is 7.84. The zero-order valence-electron chi connectivity index (χ0n) is 12.5. The van der Waals surface area contributed by atoms with Crippen molar-refractivity contribution in [3.8, 4) is 0 Å². The molecule has 125 valence electrons. The summed E-state index contributed by atoms with van der Waals surface area (Å²) in [7, 11) is 0. The minimum absolute atomic E-state index is 0. The normalized spacial score (nSPS) is 30.3. The molecule has 12 heteroatoms. The van der Waals surface area contributed by atoms with Gasteiger partial charge in [0.25, 0.3) is 0 Å². The molecule has 1 aliphatic heterocycles. The molecule has 6 atom stereocenters. The van der Waals surface area contributed by atoms with Gasteiger partial charge in [0.15, 0.2) is 0 Å². The van der Waals surface area contributed by atoms with Gasteiger partial charge in [-0.2, -0.15) is 0 Å². The van der Waals surface area contributed by atoms with Crippen LogP contribution in [0.4, 0.5) is 0 Å². The molecule has 1 saturated heterocycles. The van der Waals surface area contributed by atoms with Gasteiger partial charge in [0.1, 0.15) is 0 Å². The van der Waals surface area contributed by atoms with E-state index >= 15 is 0 Å². The Morgan fingerprint density at radius 1 is 1.00 bits per heavy atom. The molecule has 0 saturated carbocycles. The third-order valence-corrected chi connectivity index (χ3v) is 3.94. The maximum atomic E-state index is 9.22. The molecular weight excluding hydrogens is 1460 g/mol. The Morgan fingerprint density at radius 3 is 1.64 bits per heavy atom. The number of ether oxygens (including phenoxy) is 1. The Bertz CT molecular complexity index is 221. The van der Waals surface area contributed by atoms with Crippen LogP contribution >= 0.6 is 0 Å². The van der Waals surface area contributed by atoms with Gasteiger partial charge in [-0.05, 0) is 0 Å². The van der Waals surface area contributed by atoms with Crippen molar-refractivity contribution in [2.75, 3.05) is 6.61 Å². The first-order valence-electron chi connectivity index (χ1n) is 5.47. The molecule has 1 aliphatic rings. The van der Waals surface area contributed by atoms with Gasteiger partial charge in [-0.15, -0.1) is 0 Å².